The lowest BCUT2D eigenvalue weighted by molar-refractivity contribution is 0.227. The average Bonchev–Trinajstić information content (AvgIpc) is 2.78. The van der Waals surface area contributed by atoms with E-state index in [0.29, 0.717) is 6.04 Å². The quantitative estimate of drug-likeness (QED) is 0.926. The van der Waals surface area contributed by atoms with Crippen molar-refractivity contribution < 1.29 is 0 Å². The fourth-order valence-electron chi connectivity index (χ4n) is 3.41. The molecule has 2 aliphatic heterocycles. The van der Waals surface area contributed by atoms with Gasteiger partial charge in [-0.25, -0.2) is 0 Å². The van der Waals surface area contributed by atoms with Crippen LogP contribution in [0.3, 0.4) is 0 Å². The Morgan fingerprint density at radius 1 is 1.00 bits per heavy atom. The molecule has 1 aromatic rings. The lowest BCUT2D eigenvalue weighted by Crippen LogP contribution is -2.50. The Labute approximate surface area is 133 Å². The molecule has 2 heterocycles. The molecule has 2 fully saturated rings. The number of benzene rings is 1. The van der Waals surface area contributed by atoms with Gasteiger partial charge in [-0.15, -0.1) is 0 Å². The van der Waals surface area contributed by atoms with Crippen molar-refractivity contribution >= 4 is 17.3 Å². The molecule has 0 amide bonds. The molecule has 21 heavy (non-hydrogen) atoms. The van der Waals surface area contributed by atoms with Gasteiger partial charge in [-0.2, -0.15) is 0 Å². The molecule has 0 aliphatic carbocycles. The normalized spacial score (nSPS) is 24.8. The van der Waals surface area contributed by atoms with E-state index in [1.165, 1.54) is 57.5 Å². The molecule has 0 spiro atoms. The maximum absolute atomic E-state index is 5.96. The summed E-state index contributed by atoms with van der Waals surface area (Å²) in [6.45, 7) is 6.99. The molecule has 0 bridgehead atoms. The van der Waals surface area contributed by atoms with Crippen LogP contribution < -0.4 is 10.2 Å². The Kier molecular flexibility index (Phi) is 5.39. The van der Waals surface area contributed by atoms with Gasteiger partial charge in [0, 0.05) is 49.5 Å². The molecule has 3 nitrogen and oxygen atoms in total. The number of piperazine rings is 1. The summed E-state index contributed by atoms with van der Waals surface area (Å²) >= 11 is 5.96. The average molecular weight is 308 g/mol. The predicted molar refractivity (Wildman–Crippen MR) is 90.4 cm³/mol. The van der Waals surface area contributed by atoms with Gasteiger partial charge in [-0.1, -0.05) is 24.4 Å². The minimum Gasteiger partial charge on any atom is -0.369 e. The minimum atomic E-state index is 0.703. The van der Waals surface area contributed by atoms with Gasteiger partial charge >= 0.3 is 0 Å². The zero-order chi connectivity index (χ0) is 14.5. The van der Waals surface area contributed by atoms with Gasteiger partial charge in [-0.3, -0.25) is 4.90 Å². The van der Waals surface area contributed by atoms with Gasteiger partial charge in [0.2, 0.25) is 0 Å². The second-order valence-corrected chi connectivity index (χ2v) is 6.70. The molecule has 4 heteroatoms. The van der Waals surface area contributed by atoms with Gasteiger partial charge in [0.05, 0.1) is 0 Å². The summed E-state index contributed by atoms with van der Waals surface area (Å²) in [5.74, 6) is 0. The third-order valence-electron chi connectivity index (χ3n) is 4.71. The second kappa shape index (κ2) is 7.48. The summed E-state index contributed by atoms with van der Waals surface area (Å²) in [6, 6.07) is 8.93. The van der Waals surface area contributed by atoms with Gasteiger partial charge in [0.1, 0.15) is 0 Å². The van der Waals surface area contributed by atoms with Crippen molar-refractivity contribution in [3.05, 3.63) is 29.3 Å². The molecule has 1 N–H and O–H groups in total. The molecule has 2 saturated heterocycles. The topological polar surface area (TPSA) is 18.5 Å². The maximum Gasteiger partial charge on any atom is 0.0407 e. The number of rotatable bonds is 3. The molecule has 0 aromatic heterocycles. The van der Waals surface area contributed by atoms with Gasteiger partial charge < -0.3 is 10.2 Å². The Morgan fingerprint density at radius 3 is 2.52 bits per heavy atom. The van der Waals surface area contributed by atoms with Crippen LogP contribution in [0.15, 0.2) is 24.3 Å². The van der Waals surface area contributed by atoms with Crippen molar-refractivity contribution in [3.8, 4) is 0 Å². The Hall–Kier alpha value is -0.770. The van der Waals surface area contributed by atoms with Crippen LogP contribution in [0.4, 0.5) is 5.69 Å². The summed E-state index contributed by atoms with van der Waals surface area (Å²) in [5.41, 5.74) is 1.30. The molecule has 1 atom stereocenters. The Morgan fingerprint density at radius 2 is 1.76 bits per heavy atom. The third-order valence-corrected chi connectivity index (χ3v) is 4.96. The van der Waals surface area contributed by atoms with Crippen LogP contribution in [0.2, 0.25) is 5.02 Å². The molecule has 0 saturated carbocycles. The Bertz CT molecular complexity index is 418. The summed E-state index contributed by atoms with van der Waals surface area (Å²) in [6.07, 6.45) is 5.48. The van der Waals surface area contributed by atoms with Crippen molar-refractivity contribution in [2.45, 2.75) is 31.7 Å². The first-order valence-electron chi connectivity index (χ1n) is 8.27. The highest BCUT2D eigenvalue weighted by Gasteiger charge is 2.20. The van der Waals surface area contributed by atoms with Gasteiger partial charge in [-0.05, 0) is 43.7 Å². The summed E-state index contributed by atoms with van der Waals surface area (Å²) < 4.78 is 0. The van der Waals surface area contributed by atoms with Crippen LogP contribution in [0.25, 0.3) is 0 Å². The van der Waals surface area contributed by atoms with Gasteiger partial charge in [0.15, 0.2) is 0 Å². The predicted octanol–water partition coefficient (Wildman–Crippen LogP) is 2.99. The zero-order valence-corrected chi connectivity index (χ0v) is 13.5. The van der Waals surface area contributed by atoms with E-state index < -0.39 is 0 Å². The summed E-state index contributed by atoms with van der Waals surface area (Å²) in [4.78, 5) is 5.09. The number of nitrogens with zero attached hydrogens (tertiary/aromatic N) is 2. The van der Waals surface area contributed by atoms with Crippen molar-refractivity contribution in [2.75, 3.05) is 44.2 Å². The van der Waals surface area contributed by atoms with E-state index in [1.807, 2.05) is 12.1 Å². The standard InChI is InChI=1S/C17H26ClN3/c18-15-5-7-17(8-6-15)21-12-10-20(11-13-21)14-16-4-2-1-3-9-19-16/h5-8,16,19H,1-4,9-14H2. The zero-order valence-electron chi connectivity index (χ0n) is 12.7. The highest BCUT2D eigenvalue weighted by Crippen LogP contribution is 2.20. The van der Waals surface area contributed by atoms with Crippen LogP contribution >= 0.6 is 11.6 Å². The first-order valence-corrected chi connectivity index (χ1v) is 8.65. The smallest absolute Gasteiger partial charge is 0.0407 e. The van der Waals surface area contributed by atoms with Crippen LogP contribution in [-0.2, 0) is 0 Å². The largest absolute Gasteiger partial charge is 0.369 e. The van der Waals surface area contributed by atoms with E-state index in [4.69, 9.17) is 11.6 Å². The first kappa shape index (κ1) is 15.1. The van der Waals surface area contributed by atoms with E-state index in [-0.39, 0.29) is 0 Å². The number of hydrogen-bond acceptors (Lipinski definition) is 3. The van der Waals surface area contributed by atoms with E-state index in [0.717, 1.165) is 18.1 Å². The highest BCUT2D eigenvalue weighted by atomic mass is 35.5. The molecule has 1 aromatic carbocycles. The van der Waals surface area contributed by atoms with E-state index in [1.54, 1.807) is 0 Å². The second-order valence-electron chi connectivity index (χ2n) is 6.26. The molecule has 116 valence electrons. The lowest BCUT2D eigenvalue weighted by atomic mass is 10.1. The molecule has 0 radical (unpaired) electrons. The SMILES string of the molecule is Clc1ccc(N2CCN(CC3CCCCCN3)CC2)cc1. The lowest BCUT2D eigenvalue weighted by Gasteiger charge is -2.37. The summed E-state index contributed by atoms with van der Waals surface area (Å²) in [5, 5.41) is 4.52. The number of nitrogens with one attached hydrogen (secondary N) is 1. The number of anilines is 1. The molecular weight excluding hydrogens is 282 g/mol. The number of hydrogen-bond donors (Lipinski definition) is 1. The summed E-state index contributed by atoms with van der Waals surface area (Å²) in [7, 11) is 0. The van der Waals surface area contributed by atoms with Crippen molar-refractivity contribution in [1.29, 1.82) is 0 Å². The van der Waals surface area contributed by atoms with E-state index in [2.05, 4.69) is 27.2 Å². The first-order chi connectivity index (χ1) is 10.3. The van der Waals surface area contributed by atoms with Gasteiger partial charge in [0.25, 0.3) is 0 Å². The van der Waals surface area contributed by atoms with Crippen molar-refractivity contribution in [1.82, 2.24) is 10.2 Å². The molecular formula is C17H26ClN3. The monoisotopic (exact) mass is 307 g/mol. The molecule has 1 unspecified atom stereocenters. The van der Waals surface area contributed by atoms with Crippen molar-refractivity contribution in [3.63, 3.8) is 0 Å². The maximum atomic E-state index is 5.96. The fraction of sp³-hybridized carbons (Fsp3) is 0.647. The molecule has 2 aliphatic rings. The highest BCUT2D eigenvalue weighted by molar-refractivity contribution is 6.30. The minimum absolute atomic E-state index is 0.703. The third kappa shape index (κ3) is 4.35. The van der Waals surface area contributed by atoms with Crippen LogP contribution in [-0.4, -0.2) is 50.2 Å². The van der Waals surface area contributed by atoms with E-state index in [9.17, 15) is 0 Å². The van der Waals surface area contributed by atoms with Crippen molar-refractivity contribution in [2.24, 2.45) is 0 Å². The fourth-order valence-corrected chi connectivity index (χ4v) is 3.53. The van der Waals surface area contributed by atoms with Crippen LogP contribution in [0, 0.1) is 0 Å². The molecule has 3 rings (SSSR count). The van der Waals surface area contributed by atoms with Crippen LogP contribution in [0.1, 0.15) is 25.7 Å². The number of halogens is 1. The van der Waals surface area contributed by atoms with Crippen LogP contribution in [0.5, 0.6) is 0 Å². The van der Waals surface area contributed by atoms with E-state index >= 15 is 0 Å². The Balaban J connectivity index is 1.47.